The molecule has 114 valence electrons. The van der Waals surface area contributed by atoms with E-state index in [-0.39, 0.29) is 6.54 Å². The number of nitrogens with one attached hydrogen (secondary N) is 1. The van der Waals surface area contributed by atoms with Gasteiger partial charge in [0.25, 0.3) is 0 Å². The molecule has 1 fully saturated rings. The molecule has 21 heavy (non-hydrogen) atoms. The summed E-state index contributed by atoms with van der Waals surface area (Å²) in [5.74, 6) is -0.0832. The molecule has 7 heteroatoms. The van der Waals surface area contributed by atoms with Crippen molar-refractivity contribution in [3.8, 4) is 5.75 Å². The monoisotopic (exact) mass is 312 g/mol. The van der Waals surface area contributed by atoms with Crippen LogP contribution in [-0.4, -0.2) is 42.2 Å². The molecule has 2 rings (SSSR count). The number of rotatable bonds is 6. The summed E-state index contributed by atoms with van der Waals surface area (Å²) in [5.41, 5.74) is 0.396. The minimum absolute atomic E-state index is 0.329. The Morgan fingerprint density at radius 2 is 2.19 bits per heavy atom. The molecule has 0 radical (unpaired) electrons. The molecule has 0 unspecified atom stereocenters. The Morgan fingerprint density at radius 1 is 1.48 bits per heavy atom. The number of benzene rings is 1. The quantitative estimate of drug-likeness (QED) is 0.846. The standard InChI is InChI=1S/C14H17ClN2O4/c1-21-10-4-5-11(15)12(6-10)16-14(20)17(8-13(18)19)7-9-2-3-9/h4-6,9H,2-3,7-8H2,1H3,(H,16,20)(H,18,19). The number of carbonyl (C=O) groups excluding carboxylic acids is 1. The Labute approximate surface area is 127 Å². The van der Waals surface area contributed by atoms with Gasteiger partial charge in [-0.1, -0.05) is 11.6 Å². The van der Waals surface area contributed by atoms with Crippen LogP contribution >= 0.6 is 11.6 Å². The molecule has 1 aromatic carbocycles. The number of amides is 2. The molecule has 2 amide bonds. The van der Waals surface area contributed by atoms with Gasteiger partial charge in [0.05, 0.1) is 17.8 Å². The van der Waals surface area contributed by atoms with E-state index in [9.17, 15) is 9.59 Å². The summed E-state index contributed by atoms with van der Waals surface area (Å²) in [7, 11) is 1.51. The van der Waals surface area contributed by atoms with E-state index >= 15 is 0 Å². The number of ether oxygens (including phenoxy) is 1. The number of anilines is 1. The summed E-state index contributed by atoms with van der Waals surface area (Å²) in [4.78, 5) is 24.4. The van der Waals surface area contributed by atoms with Gasteiger partial charge in [-0.05, 0) is 30.9 Å². The van der Waals surface area contributed by atoms with E-state index in [0.29, 0.717) is 28.9 Å². The minimum Gasteiger partial charge on any atom is -0.497 e. The molecule has 0 aromatic heterocycles. The molecular formula is C14H17ClN2O4. The van der Waals surface area contributed by atoms with Crippen molar-refractivity contribution in [3.63, 3.8) is 0 Å². The predicted molar refractivity (Wildman–Crippen MR) is 79.0 cm³/mol. The van der Waals surface area contributed by atoms with Gasteiger partial charge in [0.1, 0.15) is 12.3 Å². The number of hydrogen-bond acceptors (Lipinski definition) is 3. The fourth-order valence-corrected chi connectivity index (χ4v) is 2.08. The summed E-state index contributed by atoms with van der Waals surface area (Å²) in [6, 6.07) is 4.41. The lowest BCUT2D eigenvalue weighted by atomic mass is 10.3. The average molecular weight is 313 g/mol. The Morgan fingerprint density at radius 3 is 2.76 bits per heavy atom. The zero-order chi connectivity index (χ0) is 15.4. The highest BCUT2D eigenvalue weighted by molar-refractivity contribution is 6.33. The number of aliphatic carboxylic acids is 1. The van der Waals surface area contributed by atoms with E-state index in [1.807, 2.05) is 0 Å². The fraction of sp³-hybridized carbons (Fsp3) is 0.429. The van der Waals surface area contributed by atoms with Crippen LogP contribution in [0.1, 0.15) is 12.8 Å². The maximum atomic E-state index is 12.2. The molecule has 6 nitrogen and oxygen atoms in total. The zero-order valence-corrected chi connectivity index (χ0v) is 12.4. The Balaban J connectivity index is 2.07. The lowest BCUT2D eigenvalue weighted by Gasteiger charge is -2.21. The minimum atomic E-state index is -1.04. The first kappa shape index (κ1) is 15.4. The molecule has 0 spiro atoms. The summed E-state index contributed by atoms with van der Waals surface area (Å²) in [6.45, 7) is 0.115. The van der Waals surface area contributed by atoms with Crippen LogP contribution in [0.2, 0.25) is 5.02 Å². The third-order valence-electron chi connectivity index (χ3n) is 3.20. The Hall–Kier alpha value is -1.95. The number of halogens is 1. The fourth-order valence-electron chi connectivity index (χ4n) is 1.92. The van der Waals surface area contributed by atoms with Crippen LogP contribution in [0, 0.1) is 5.92 Å². The molecule has 1 aliphatic carbocycles. The van der Waals surface area contributed by atoms with Gasteiger partial charge in [0, 0.05) is 12.6 Å². The number of methoxy groups -OCH3 is 1. The molecule has 2 N–H and O–H groups in total. The second-order valence-electron chi connectivity index (χ2n) is 4.99. The second-order valence-corrected chi connectivity index (χ2v) is 5.40. The second kappa shape index (κ2) is 6.67. The van der Waals surface area contributed by atoms with Crippen molar-refractivity contribution in [1.82, 2.24) is 4.90 Å². The van der Waals surface area contributed by atoms with Crippen molar-refractivity contribution in [3.05, 3.63) is 23.2 Å². The first-order valence-electron chi connectivity index (χ1n) is 6.61. The molecule has 0 atom stereocenters. The third kappa shape index (κ3) is 4.53. The Kier molecular flexibility index (Phi) is 4.90. The van der Waals surface area contributed by atoms with E-state index < -0.39 is 12.0 Å². The van der Waals surface area contributed by atoms with Crippen molar-refractivity contribution in [2.24, 2.45) is 5.92 Å². The molecule has 1 saturated carbocycles. The summed E-state index contributed by atoms with van der Waals surface area (Å²) < 4.78 is 5.07. The number of hydrogen-bond donors (Lipinski definition) is 2. The molecule has 0 bridgehead atoms. The van der Waals surface area contributed by atoms with E-state index in [0.717, 1.165) is 12.8 Å². The van der Waals surface area contributed by atoms with Gasteiger partial charge in [-0.25, -0.2) is 4.79 Å². The van der Waals surface area contributed by atoms with Crippen molar-refractivity contribution in [2.75, 3.05) is 25.5 Å². The predicted octanol–water partition coefficient (Wildman–Crippen LogP) is 2.68. The van der Waals surface area contributed by atoms with Crippen LogP contribution in [0.25, 0.3) is 0 Å². The Bertz CT molecular complexity index is 546. The molecular weight excluding hydrogens is 296 g/mol. The number of carboxylic acids is 1. The van der Waals surface area contributed by atoms with Gasteiger partial charge in [0.15, 0.2) is 0 Å². The van der Waals surface area contributed by atoms with Gasteiger partial charge in [-0.15, -0.1) is 0 Å². The van der Waals surface area contributed by atoms with Gasteiger partial charge in [-0.3, -0.25) is 4.79 Å². The smallest absolute Gasteiger partial charge is 0.323 e. The molecule has 0 heterocycles. The summed E-state index contributed by atoms with van der Waals surface area (Å²) >= 11 is 6.02. The van der Waals surface area contributed by atoms with E-state index in [2.05, 4.69) is 5.32 Å². The average Bonchev–Trinajstić information content (AvgIpc) is 3.24. The van der Waals surface area contributed by atoms with Crippen LogP contribution in [0.3, 0.4) is 0 Å². The van der Waals surface area contributed by atoms with E-state index in [1.54, 1.807) is 18.2 Å². The number of urea groups is 1. The van der Waals surface area contributed by atoms with Crippen LogP contribution in [0.4, 0.5) is 10.5 Å². The maximum absolute atomic E-state index is 12.2. The van der Waals surface area contributed by atoms with E-state index in [1.165, 1.54) is 12.0 Å². The van der Waals surface area contributed by atoms with Gasteiger partial charge < -0.3 is 20.1 Å². The first-order chi connectivity index (χ1) is 9.99. The van der Waals surface area contributed by atoms with Crippen molar-refractivity contribution >= 4 is 29.3 Å². The number of nitrogens with zero attached hydrogens (tertiary/aromatic N) is 1. The highest BCUT2D eigenvalue weighted by Crippen LogP contribution is 2.30. The summed E-state index contributed by atoms with van der Waals surface area (Å²) in [6.07, 6.45) is 2.06. The van der Waals surface area contributed by atoms with Gasteiger partial charge in [-0.2, -0.15) is 0 Å². The SMILES string of the molecule is COc1ccc(Cl)c(NC(=O)N(CC(=O)O)CC2CC2)c1. The molecule has 0 saturated heterocycles. The maximum Gasteiger partial charge on any atom is 0.323 e. The van der Waals surface area contributed by atoms with Crippen LogP contribution in [0.5, 0.6) is 5.75 Å². The highest BCUT2D eigenvalue weighted by atomic mass is 35.5. The highest BCUT2D eigenvalue weighted by Gasteiger charge is 2.28. The largest absolute Gasteiger partial charge is 0.497 e. The van der Waals surface area contributed by atoms with Crippen molar-refractivity contribution in [2.45, 2.75) is 12.8 Å². The van der Waals surface area contributed by atoms with Crippen LogP contribution < -0.4 is 10.1 Å². The zero-order valence-electron chi connectivity index (χ0n) is 11.6. The number of carbonyl (C=O) groups is 2. The van der Waals surface area contributed by atoms with Crippen LogP contribution in [0.15, 0.2) is 18.2 Å². The van der Waals surface area contributed by atoms with Crippen molar-refractivity contribution in [1.29, 1.82) is 0 Å². The first-order valence-corrected chi connectivity index (χ1v) is 6.98. The van der Waals surface area contributed by atoms with Crippen LogP contribution in [-0.2, 0) is 4.79 Å². The topological polar surface area (TPSA) is 78.9 Å². The molecule has 0 aliphatic heterocycles. The van der Waals surface area contributed by atoms with Gasteiger partial charge >= 0.3 is 12.0 Å². The summed E-state index contributed by atoms with van der Waals surface area (Å²) in [5, 5.41) is 11.9. The normalized spacial score (nSPS) is 13.6. The van der Waals surface area contributed by atoms with Gasteiger partial charge in [0.2, 0.25) is 0 Å². The van der Waals surface area contributed by atoms with E-state index in [4.69, 9.17) is 21.4 Å². The third-order valence-corrected chi connectivity index (χ3v) is 3.53. The molecule has 1 aliphatic rings. The molecule has 1 aromatic rings. The number of carboxylic acid groups (broad SMARTS) is 1. The lowest BCUT2D eigenvalue weighted by Crippen LogP contribution is -2.40. The lowest BCUT2D eigenvalue weighted by molar-refractivity contribution is -0.137. The van der Waals surface area contributed by atoms with Crippen molar-refractivity contribution < 1.29 is 19.4 Å².